The number of carbonyl (C=O) groups is 1. The van der Waals surface area contributed by atoms with Crippen molar-refractivity contribution in [2.24, 2.45) is 0 Å². The van der Waals surface area contributed by atoms with Gasteiger partial charge in [0.15, 0.2) is 0 Å². The first-order valence-electron chi connectivity index (χ1n) is 4.55. The number of rotatable bonds is 2. The molecule has 0 aliphatic carbocycles. The maximum absolute atomic E-state index is 10.9. The Labute approximate surface area is 81.6 Å². The maximum Gasteiger partial charge on any atom is 0.352 e. The number of hydrogen-bond donors (Lipinski definition) is 1. The molecule has 0 atom stereocenters. The minimum Gasteiger partial charge on any atom is -0.477 e. The van der Waals surface area contributed by atoms with E-state index in [1.54, 1.807) is 10.6 Å². The van der Waals surface area contributed by atoms with Crippen molar-refractivity contribution in [2.45, 2.75) is 13.5 Å². The summed E-state index contributed by atoms with van der Waals surface area (Å²) in [6.07, 6.45) is 0. The van der Waals surface area contributed by atoms with Crippen molar-refractivity contribution in [3.63, 3.8) is 0 Å². The van der Waals surface area contributed by atoms with Crippen molar-refractivity contribution >= 4 is 16.9 Å². The van der Waals surface area contributed by atoms with Gasteiger partial charge in [0, 0.05) is 17.4 Å². The molecular formula is C11H11NO2. The molecule has 72 valence electrons. The molecule has 0 saturated carbocycles. The van der Waals surface area contributed by atoms with E-state index in [4.69, 9.17) is 5.11 Å². The highest BCUT2D eigenvalue weighted by Crippen LogP contribution is 2.19. The molecule has 2 aromatic rings. The highest BCUT2D eigenvalue weighted by atomic mass is 16.4. The van der Waals surface area contributed by atoms with Crippen LogP contribution in [-0.4, -0.2) is 15.6 Å². The Morgan fingerprint density at radius 3 is 2.79 bits per heavy atom. The number of nitrogens with zero attached hydrogens (tertiary/aromatic N) is 1. The lowest BCUT2D eigenvalue weighted by molar-refractivity contribution is 0.0686. The van der Waals surface area contributed by atoms with E-state index in [1.807, 2.05) is 31.2 Å². The number of carboxylic acid groups (broad SMARTS) is 1. The quantitative estimate of drug-likeness (QED) is 0.787. The molecule has 1 heterocycles. The zero-order valence-electron chi connectivity index (χ0n) is 7.90. The van der Waals surface area contributed by atoms with Gasteiger partial charge in [0.1, 0.15) is 5.69 Å². The highest BCUT2D eigenvalue weighted by molar-refractivity contribution is 5.94. The Morgan fingerprint density at radius 1 is 1.43 bits per heavy atom. The monoisotopic (exact) mass is 189 g/mol. The van der Waals surface area contributed by atoms with E-state index in [2.05, 4.69) is 0 Å². The first-order valence-corrected chi connectivity index (χ1v) is 4.55. The lowest BCUT2D eigenvalue weighted by Gasteiger charge is -2.03. The van der Waals surface area contributed by atoms with E-state index in [0.29, 0.717) is 12.2 Å². The Balaban J connectivity index is 2.78. The maximum atomic E-state index is 10.9. The average molecular weight is 189 g/mol. The number of aromatic nitrogens is 1. The third kappa shape index (κ3) is 1.18. The fourth-order valence-electron chi connectivity index (χ4n) is 1.73. The van der Waals surface area contributed by atoms with Gasteiger partial charge in [0.2, 0.25) is 0 Å². The molecule has 0 bridgehead atoms. The Kier molecular flexibility index (Phi) is 2.00. The largest absolute Gasteiger partial charge is 0.477 e. The minimum atomic E-state index is -0.872. The summed E-state index contributed by atoms with van der Waals surface area (Å²) in [4.78, 5) is 10.9. The van der Waals surface area contributed by atoms with Crippen molar-refractivity contribution in [2.75, 3.05) is 0 Å². The summed E-state index contributed by atoms with van der Waals surface area (Å²) in [6, 6.07) is 9.40. The summed E-state index contributed by atoms with van der Waals surface area (Å²) >= 11 is 0. The second kappa shape index (κ2) is 3.18. The number of aryl methyl sites for hydroxylation is 1. The molecule has 0 aliphatic heterocycles. The van der Waals surface area contributed by atoms with Gasteiger partial charge in [-0.2, -0.15) is 0 Å². The summed E-state index contributed by atoms with van der Waals surface area (Å²) in [5, 5.41) is 9.96. The second-order valence-corrected chi connectivity index (χ2v) is 3.14. The molecule has 2 rings (SSSR count). The topological polar surface area (TPSA) is 42.2 Å². The van der Waals surface area contributed by atoms with E-state index in [-0.39, 0.29) is 0 Å². The van der Waals surface area contributed by atoms with Gasteiger partial charge in [-0.3, -0.25) is 0 Å². The molecule has 0 amide bonds. The summed E-state index contributed by atoms with van der Waals surface area (Å²) in [7, 11) is 0. The van der Waals surface area contributed by atoms with Crippen molar-refractivity contribution in [1.29, 1.82) is 0 Å². The number of fused-ring (bicyclic) bond motifs is 1. The van der Waals surface area contributed by atoms with Crippen LogP contribution in [0.1, 0.15) is 17.4 Å². The number of hydrogen-bond acceptors (Lipinski definition) is 1. The normalized spacial score (nSPS) is 10.6. The first-order chi connectivity index (χ1) is 6.74. The Bertz CT molecular complexity index is 485. The lowest BCUT2D eigenvalue weighted by atomic mass is 10.2. The zero-order valence-corrected chi connectivity index (χ0v) is 7.90. The Hall–Kier alpha value is -1.77. The molecule has 0 unspecified atom stereocenters. The Morgan fingerprint density at radius 2 is 2.14 bits per heavy atom. The number of aromatic carboxylic acids is 1. The molecule has 0 radical (unpaired) electrons. The SMILES string of the molecule is CCn1c(C(=O)O)cc2ccccc21. The third-order valence-corrected chi connectivity index (χ3v) is 2.35. The standard InChI is InChI=1S/C11H11NO2/c1-2-12-9-6-4-3-5-8(9)7-10(12)11(13)14/h3-7H,2H2,1H3,(H,13,14). The van der Waals surface area contributed by atoms with Gasteiger partial charge in [-0.1, -0.05) is 18.2 Å². The number of benzene rings is 1. The van der Waals surface area contributed by atoms with Crippen molar-refractivity contribution in [3.05, 3.63) is 36.0 Å². The van der Waals surface area contributed by atoms with E-state index in [9.17, 15) is 4.79 Å². The smallest absolute Gasteiger partial charge is 0.352 e. The van der Waals surface area contributed by atoms with Crippen LogP contribution in [0, 0.1) is 0 Å². The van der Waals surface area contributed by atoms with Crippen LogP contribution < -0.4 is 0 Å². The van der Waals surface area contributed by atoms with E-state index < -0.39 is 5.97 Å². The fourth-order valence-corrected chi connectivity index (χ4v) is 1.73. The van der Waals surface area contributed by atoms with E-state index in [1.165, 1.54) is 0 Å². The molecule has 1 N–H and O–H groups in total. The molecular weight excluding hydrogens is 178 g/mol. The van der Waals surface area contributed by atoms with Gasteiger partial charge in [-0.25, -0.2) is 4.79 Å². The predicted octanol–water partition coefficient (Wildman–Crippen LogP) is 2.36. The lowest BCUT2D eigenvalue weighted by Crippen LogP contribution is -2.06. The van der Waals surface area contributed by atoms with Crippen LogP contribution in [0.3, 0.4) is 0 Å². The second-order valence-electron chi connectivity index (χ2n) is 3.14. The van der Waals surface area contributed by atoms with Crippen LogP contribution in [0.4, 0.5) is 0 Å². The molecule has 0 spiro atoms. The minimum absolute atomic E-state index is 0.355. The van der Waals surface area contributed by atoms with Crippen LogP contribution in [0.15, 0.2) is 30.3 Å². The molecule has 3 heteroatoms. The molecule has 0 saturated heterocycles. The van der Waals surface area contributed by atoms with Crippen LogP contribution in [0.25, 0.3) is 10.9 Å². The summed E-state index contributed by atoms with van der Waals surface area (Å²) in [5.74, 6) is -0.872. The van der Waals surface area contributed by atoms with Crippen molar-refractivity contribution in [1.82, 2.24) is 4.57 Å². The fraction of sp³-hybridized carbons (Fsp3) is 0.182. The van der Waals surface area contributed by atoms with Crippen LogP contribution >= 0.6 is 0 Å². The van der Waals surface area contributed by atoms with Gasteiger partial charge in [-0.05, 0) is 19.1 Å². The molecule has 0 aliphatic rings. The van der Waals surface area contributed by atoms with Crippen LogP contribution in [0.5, 0.6) is 0 Å². The number of para-hydroxylation sites is 1. The molecule has 3 nitrogen and oxygen atoms in total. The summed E-state index contributed by atoms with van der Waals surface area (Å²) < 4.78 is 1.80. The third-order valence-electron chi connectivity index (χ3n) is 2.35. The summed E-state index contributed by atoms with van der Waals surface area (Å²) in [5.41, 5.74) is 1.33. The van der Waals surface area contributed by atoms with E-state index >= 15 is 0 Å². The first kappa shape index (κ1) is 8.81. The van der Waals surface area contributed by atoms with Gasteiger partial charge >= 0.3 is 5.97 Å². The van der Waals surface area contributed by atoms with Crippen molar-refractivity contribution in [3.8, 4) is 0 Å². The zero-order chi connectivity index (χ0) is 10.1. The van der Waals surface area contributed by atoms with Gasteiger partial charge in [0.05, 0.1) is 0 Å². The van der Waals surface area contributed by atoms with Gasteiger partial charge in [-0.15, -0.1) is 0 Å². The van der Waals surface area contributed by atoms with E-state index in [0.717, 1.165) is 10.9 Å². The average Bonchev–Trinajstić information content (AvgIpc) is 2.56. The van der Waals surface area contributed by atoms with Gasteiger partial charge < -0.3 is 9.67 Å². The van der Waals surface area contributed by atoms with Crippen LogP contribution in [0.2, 0.25) is 0 Å². The molecule has 0 fully saturated rings. The molecule has 14 heavy (non-hydrogen) atoms. The van der Waals surface area contributed by atoms with Crippen LogP contribution in [-0.2, 0) is 6.54 Å². The molecule has 1 aromatic heterocycles. The van der Waals surface area contributed by atoms with Gasteiger partial charge in [0.25, 0.3) is 0 Å². The van der Waals surface area contributed by atoms with Crippen molar-refractivity contribution < 1.29 is 9.90 Å². The highest BCUT2D eigenvalue weighted by Gasteiger charge is 2.12. The number of carboxylic acids is 1. The summed E-state index contributed by atoms with van der Waals surface area (Å²) in [6.45, 7) is 2.62. The predicted molar refractivity (Wildman–Crippen MR) is 54.6 cm³/mol. The molecule has 1 aromatic carbocycles.